The van der Waals surface area contributed by atoms with E-state index in [0.29, 0.717) is 0 Å². The van der Waals surface area contributed by atoms with Gasteiger partial charge in [-0.1, -0.05) is 0 Å². The molecule has 2 atom stereocenters. The Morgan fingerprint density at radius 2 is 1.64 bits per heavy atom. The predicted octanol–water partition coefficient (Wildman–Crippen LogP) is -0.306. The number of hydrogen-bond donors (Lipinski definition) is 4. The number of carbonyl (C=O) groups is 5. The first-order valence-electron chi connectivity index (χ1n) is 7.64. The number of aliphatic carboxylic acids is 1. The summed E-state index contributed by atoms with van der Waals surface area (Å²) >= 11 is 0. The molecule has 10 heteroatoms. The standard InChI is InChI=1S/C15H25N3O7/c1-8(10(19)5-6-12(21)22)17-13(23)9(7-11(16)20)18-14(24)25-15(2,3)4/h8-9H,5-7H2,1-4H3,(H2,16,20)(H,17,23)(H,18,24)(H,21,22)/t8-,9-/m0/s1. The lowest BCUT2D eigenvalue weighted by molar-refractivity contribution is -0.139. The molecule has 0 unspecified atom stereocenters. The SMILES string of the molecule is C[C@H](NC(=O)[C@H](CC(N)=O)NC(=O)OC(C)(C)C)C(=O)CCC(=O)O. The first-order valence-corrected chi connectivity index (χ1v) is 7.64. The highest BCUT2D eigenvalue weighted by molar-refractivity contribution is 5.94. The van der Waals surface area contributed by atoms with Crippen molar-refractivity contribution >= 4 is 29.7 Å². The minimum Gasteiger partial charge on any atom is -0.481 e. The third-order valence-corrected chi connectivity index (χ3v) is 2.84. The van der Waals surface area contributed by atoms with Crippen LogP contribution in [0.25, 0.3) is 0 Å². The zero-order valence-corrected chi connectivity index (χ0v) is 14.8. The smallest absolute Gasteiger partial charge is 0.408 e. The lowest BCUT2D eigenvalue weighted by Crippen LogP contribution is -2.52. The van der Waals surface area contributed by atoms with Gasteiger partial charge in [-0.2, -0.15) is 0 Å². The topological polar surface area (TPSA) is 165 Å². The van der Waals surface area contributed by atoms with Gasteiger partial charge in [0.15, 0.2) is 5.78 Å². The highest BCUT2D eigenvalue weighted by Crippen LogP contribution is 2.07. The van der Waals surface area contributed by atoms with Crippen molar-refractivity contribution in [1.82, 2.24) is 10.6 Å². The molecule has 0 aliphatic carbocycles. The maximum absolute atomic E-state index is 12.2. The first kappa shape index (κ1) is 22.4. The Morgan fingerprint density at radius 3 is 2.08 bits per heavy atom. The van der Waals surface area contributed by atoms with Gasteiger partial charge in [-0.05, 0) is 27.7 Å². The summed E-state index contributed by atoms with van der Waals surface area (Å²) in [4.78, 5) is 57.2. The van der Waals surface area contributed by atoms with Crippen molar-refractivity contribution in [2.75, 3.05) is 0 Å². The van der Waals surface area contributed by atoms with E-state index in [9.17, 15) is 24.0 Å². The van der Waals surface area contributed by atoms with Crippen LogP contribution in [0, 0.1) is 0 Å². The molecule has 0 bridgehead atoms. The lowest BCUT2D eigenvalue weighted by Gasteiger charge is -2.23. The van der Waals surface area contributed by atoms with Gasteiger partial charge in [-0.15, -0.1) is 0 Å². The van der Waals surface area contributed by atoms with E-state index in [-0.39, 0.29) is 12.8 Å². The van der Waals surface area contributed by atoms with Gasteiger partial charge >= 0.3 is 12.1 Å². The Bertz CT molecular complexity index is 540. The number of Topliss-reactive ketones (excluding diaryl/α,β-unsaturated/α-hetero) is 1. The maximum atomic E-state index is 12.2. The Morgan fingerprint density at radius 1 is 1.08 bits per heavy atom. The molecule has 25 heavy (non-hydrogen) atoms. The molecule has 10 nitrogen and oxygen atoms in total. The summed E-state index contributed by atoms with van der Waals surface area (Å²) in [5, 5.41) is 13.1. The molecular formula is C15H25N3O7. The molecule has 5 N–H and O–H groups in total. The average molecular weight is 359 g/mol. The van der Waals surface area contributed by atoms with Gasteiger partial charge in [0.1, 0.15) is 11.6 Å². The number of ether oxygens (including phenoxy) is 1. The molecule has 0 saturated heterocycles. The van der Waals surface area contributed by atoms with Crippen LogP contribution in [0.4, 0.5) is 4.79 Å². The maximum Gasteiger partial charge on any atom is 0.408 e. The third kappa shape index (κ3) is 10.7. The van der Waals surface area contributed by atoms with Crippen molar-refractivity contribution in [3.63, 3.8) is 0 Å². The summed E-state index contributed by atoms with van der Waals surface area (Å²) in [5.74, 6) is -3.27. The summed E-state index contributed by atoms with van der Waals surface area (Å²) in [6.07, 6.45) is -2.02. The number of amides is 3. The molecule has 0 aromatic rings. The first-order chi connectivity index (χ1) is 11.3. The summed E-state index contributed by atoms with van der Waals surface area (Å²) in [5.41, 5.74) is 4.25. The lowest BCUT2D eigenvalue weighted by atomic mass is 10.1. The zero-order valence-electron chi connectivity index (χ0n) is 14.8. The molecule has 0 heterocycles. The van der Waals surface area contributed by atoms with Crippen molar-refractivity contribution in [3.8, 4) is 0 Å². The van der Waals surface area contributed by atoms with Gasteiger partial charge in [-0.3, -0.25) is 19.2 Å². The van der Waals surface area contributed by atoms with Crippen LogP contribution >= 0.6 is 0 Å². The van der Waals surface area contributed by atoms with Crippen molar-refractivity contribution < 1.29 is 33.8 Å². The molecule has 0 aromatic carbocycles. The molecule has 0 spiro atoms. The number of ketones is 1. The van der Waals surface area contributed by atoms with E-state index < -0.39 is 53.8 Å². The van der Waals surface area contributed by atoms with Crippen LogP contribution in [0.15, 0.2) is 0 Å². The van der Waals surface area contributed by atoms with E-state index in [4.69, 9.17) is 15.6 Å². The third-order valence-electron chi connectivity index (χ3n) is 2.84. The second-order valence-corrected chi connectivity index (χ2v) is 6.46. The molecule has 0 aromatic heterocycles. The number of nitrogens with two attached hydrogens (primary N) is 1. The van der Waals surface area contributed by atoms with E-state index in [1.54, 1.807) is 20.8 Å². The second-order valence-electron chi connectivity index (χ2n) is 6.46. The summed E-state index contributed by atoms with van der Waals surface area (Å²) in [7, 11) is 0. The molecule has 0 saturated carbocycles. The number of primary amides is 1. The van der Waals surface area contributed by atoms with Crippen LogP contribution in [0.1, 0.15) is 47.0 Å². The van der Waals surface area contributed by atoms with E-state index in [1.807, 2.05) is 0 Å². The van der Waals surface area contributed by atoms with E-state index in [2.05, 4.69) is 10.6 Å². The Hall–Kier alpha value is -2.65. The van der Waals surface area contributed by atoms with Crippen molar-refractivity contribution in [2.24, 2.45) is 5.73 Å². The number of hydrogen-bond acceptors (Lipinski definition) is 6. The largest absolute Gasteiger partial charge is 0.481 e. The molecule has 0 radical (unpaired) electrons. The Balaban J connectivity index is 4.83. The molecular weight excluding hydrogens is 334 g/mol. The summed E-state index contributed by atoms with van der Waals surface area (Å²) in [6, 6.07) is -2.30. The van der Waals surface area contributed by atoms with Crippen LogP contribution in [0.2, 0.25) is 0 Å². The molecule has 0 fully saturated rings. The monoisotopic (exact) mass is 359 g/mol. The molecule has 0 aliphatic rings. The van der Waals surface area contributed by atoms with Gasteiger partial charge < -0.3 is 26.2 Å². The summed E-state index contributed by atoms with van der Waals surface area (Å²) in [6.45, 7) is 6.24. The molecule has 0 rings (SSSR count). The minimum absolute atomic E-state index is 0.253. The predicted molar refractivity (Wildman–Crippen MR) is 86.5 cm³/mol. The van der Waals surface area contributed by atoms with Gasteiger partial charge in [0, 0.05) is 6.42 Å². The highest BCUT2D eigenvalue weighted by atomic mass is 16.6. The van der Waals surface area contributed by atoms with Crippen molar-refractivity contribution in [1.29, 1.82) is 0 Å². The van der Waals surface area contributed by atoms with E-state index in [1.165, 1.54) is 6.92 Å². The van der Waals surface area contributed by atoms with E-state index >= 15 is 0 Å². The number of carboxylic acid groups (broad SMARTS) is 1. The zero-order chi connectivity index (χ0) is 19.8. The normalized spacial score (nSPS) is 13.3. The second kappa shape index (κ2) is 9.60. The van der Waals surface area contributed by atoms with Gasteiger partial charge in [0.25, 0.3) is 0 Å². The van der Waals surface area contributed by atoms with Crippen LogP contribution in [-0.2, 0) is 23.9 Å². The fraction of sp³-hybridized carbons (Fsp3) is 0.667. The van der Waals surface area contributed by atoms with Gasteiger partial charge in [-0.25, -0.2) is 4.79 Å². The molecule has 0 aliphatic heterocycles. The number of carbonyl (C=O) groups excluding carboxylic acids is 4. The Kier molecular flexibility index (Phi) is 8.58. The quantitative estimate of drug-likeness (QED) is 0.438. The van der Waals surface area contributed by atoms with Crippen LogP contribution < -0.4 is 16.4 Å². The van der Waals surface area contributed by atoms with Gasteiger partial charge in [0.05, 0.1) is 18.9 Å². The molecule has 142 valence electrons. The number of alkyl carbamates (subject to hydrolysis) is 1. The van der Waals surface area contributed by atoms with Crippen molar-refractivity contribution in [3.05, 3.63) is 0 Å². The van der Waals surface area contributed by atoms with Crippen LogP contribution in [-0.4, -0.2) is 52.5 Å². The fourth-order valence-electron chi connectivity index (χ4n) is 1.70. The van der Waals surface area contributed by atoms with Crippen LogP contribution in [0.5, 0.6) is 0 Å². The average Bonchev–Trinajstić information content (AvgIpc) is 2.41. The van der Waals surface area contributed by atoms with Crippen molar-refractivity contribution in [2.45, 2.75) is 64.6 Å². The van der Waals surface area contributed by atoms with Gasteiger partial charge in [0.2, 0.25) is 11.8 Å². The Labute approximate surface area is 145 Å². The molecule has 3 amide bonds. The number of rotatable bonds is 9. The number of carboxylic acids is 1. The minimum atomic E-state index is -1.32. The van der Waals surface area contributed by atoms with E-state index in [0.717, 1.165) is 0 Å². The number of nitrogens with one attached hydrogen (secondary N) is 2. The fourth-order valence-corrected chi connectivity index (χ4v) is 1.70. The van der Waals surface area contributed by atoms with Crippen LogP contribution in [0.3, 0.4) is 0 Å². The summed E-state index contributed by atoms with van der Waals surface area (Å²) < 4.78 is 5.00. The highest BCUT2D eigenvalue weighted by Gasteiger charge is 2.28.